The number of aliphatic carboxylic acids is 1. The van der Waals surface area contributed by atoms with Crippen LogP contribution in [0, 0.1) is 0 Å². The van der Waals surface area contributed by atoms with Crippen LogP contribution in [-0.4, -0.2) is 62.5 Å². The lowest BCUT2D eigenvalue weighted by atomic mass is 10.3. The Morgan fingerprint density at radius 1 is 1.10 bits per heavy atom. The third kappa shape index (κ3) is 7.53. The Labute approximate surface area is 125 Å². The van der Waals surface area contributed by atoms with Crippen molar-refractivity contribution < 1.29 is 24.1 Å². The molecule has 0 amide bonds. The molecule has 0 heterocycles. The number of hydrogen-bond donors (Lipinski definition) is 1. The standard InChI is InChI=1S/C15H23NO5/c1-3-20-13-4-6-14(7-5-13)21-11-9-16(8-10-19-2)12-15(17)18/h4-7H,3,8-12H2,1-2H3,(H,17,18). The maximum Gasteiger partial charge on any atom is 0.317 e. The van der Waals surface area contributed by atoms with Crippen LogP contribution in [0.15, 0.2) is 24.3 Å². The van der Waals surface area contributed by atoms with Gasteiger partial charge in [-0.3, -0.25) is 9.69 Å². The number of rotatable bonds is 11. The fourth-order valence-electron chi connectivity index (χ4n) is 1.77. The molecule has 0 unspecified atom stereocenters. The molecule has 21 heavy (non-hydrogen) atoms. The van der Waals surface area contributed by atoms with Gasteiger partial charge in [0.05, 0.1) is 19.8 Å². The van der Waals surface area contributed by atoms with Gasteiger partial charge in [0.1, 0.15) is 18.1 Å². The van der Waals surface area contributed by atoms with Crippen molar-refractivity contribution in [3.8, 4) is 11.5 Å². The van der Waals surface area contributed by atoms with E-state index >= 15 is 0 Å². The first-order valence-corrected chi connectivity index (χ1v) is 6.94. The zero-order chi connectivity index (χ0) is 15.5. The van der Waals surface area contributed by atoms with Gasteiger partial charge in [-0.15, -0.1) is 0 Å². The molecule has 0 radical (unpaired) electrons. The Morgan fingerprint density at radius 2 is 1.67 bits per heavy atom. The first-order chi connectivity index (χ1) is 10.2. The van der Waals surface area contributed by atoms with E-state index in [1.54, 1.807) is 12.0 Å². The number of hydrogen-bond acceptors (Lipinski definition) is 5. The first kappa shape index (κ1) is 17.3. The highest BCUT2D eigenvalue weighted by Gasteiger charge is 2.09. The van der Waals surface area contributed by atoms with Crippen LogP contribution in [-0.2, 0) is 9.53 Å². The minimum absolute atomic E-state index is 0.0179. The van der Waals surface area contributed by atoms with Crippen molar-refractivity contribution in [2.75, 3.05) is 46.6 Å². The van der Waals surface area contributed by atoms with Gasteiger partial charge in [0.15, 0.2) is 0 Å². The molecule has 0 spiro atoms. The van der Waals surface area contributed by atoms with Gasteiger partial charge in [0, 0.05) is 20.2 Å². The Kier molecular flexibility index (Phi) is 8.23. The average Bonchev–Trinajstić information content (AvgIpc) is 2.46. The zero-order valence-corrected chi connectivity index (χ0v) is 12.6. The topological polar surface area (TPSA) is 68.2 Å². The van der Waals surface area contributed by atoms with E-state index in [2.05, 4.69) is 0 Å². The molecule has 6 heteroatoms. The lowest BCUT2D eigenvalue weighted by molar-refractivity contribution is -0.138. The predicted molar refractivity (Wildman–Crippen MR) is 79.1 cm³/mol. The second-order valence-electron chi connectivity index (χ2n) is 4.42. The van der Waals surface area contributed by atoms with Gasteiger partial charge in [-0.25, -0.2) is 0 Å². The maximum absolute atomic E-state index is 10.8. The molecule has 1 aromatic rings. The molecule has 1 aromatic carbocycles. The molecular formula is C15H23NO5. The number of carboxylic acid groups (broad SMARTS) is 1. The Hall–Kier alpha value is -1.79. The van der Waals surface area contributed by atoms with Crippen molar-refractivity contribution >= 4 is 5.97 Å². The Bertz CT molecular complexity index is 407. The molecule has 0 saturated carbocycles. The van der Waals surface area contributed by atoms with Crippen molar-refractivity contribution in [1.82, 2.24) is 4.90 Å². The van der Waals surface area contributed by atoms with E-state index in [4.69, 9.17) is 19.3 Å². The van der Waals surface area contributed by atoms with Gasteiger partial charge in [-0.2, -0.15) is 0 Å². The van der Waals surface area contributed by atoms with Crippen LogP contribution in [0.3, 0.4) is 0 Å². The average molecular weight is 297 g/mol. The van der Waals surface area contributed by atoms with E-state index in [0.717, 1.165) is 11.5 Å². The van der Waals surface area contributed by atoms with E-state index in [-0.39, 0.29) is 6.54 Å². The third-order valence-corrected chi connectivity index (χ3v) is 2.78. The highest BCUT2D eigenvalue weighted by Crippen LogP contribution is 2.17. The fraction of sp³-hybridized carbons (Fsp3) is 0.533. The quantitative estimate of drug-likeness (QED) is 0.667. The van der Waals surface area contributed by atoms with E-state index in [9.17, 15) is 4.79 Å². The van der Waals surface area contributed by atoms with Gasteiger partial charge in [-0.1, -0.05) is 0 Å². The third-order valence-electron chi connectivity index (χ3n) is 2.78. The summed E-state index contributed by atoms with van der Waals surface area (Å²) >= 11 is 0. The second kappa shape index (κ2) is 10.0. The van der Waals surface area contributed by atoms with Gasteiger partial charge in [-0.05, 0) is 31.2 Å². The zero-order valence-electron chi connectivity index (χ0n) is 12.6. The number of nitrogens with zero attached hydrogens (tertiary/aromatic N) is 1. The van der Waals surface area contributed by atoms with Crippen molar-refractivity contribution in [3.05, 3.63) is 24.3 Å². The van der Waals surface area contributed by atoms with Crippen LogP contribution in [0.2, 0.25) is 0 Å². The van der Waals surface area contributed by atoms with E-state index in [0.29, 0.717) is 32.9 Å². The van der Waals surface area contributed by atoms with Crippen LogP contribution in [0.5, 0.6) is 11.5 Å². The van der Waals surface area contributed by atoms with Crippen LogP contribution in [0.25, 0.3) is 0 Å². The smallest absolute Gasteiger partial charge is 0.317 e. The van der Waals surface area contributed by atoms with Gasteiger partial charge >= 0.3 is 5.97 Å². The summed E-state index contributed by atoms with van der Waals surface area (Å²) in [5, 5.41) is 8.84. The highest BCUT2D eigenvalue weighted by atomic mass is 16.5. The van der Waals surface area contributed by atoms with Crippen molar-refractivity contribution in [2.45, 2.75) is 6.92 Å². The molecule has 1 rings (SSSR count). The lowest BCUT2D eigenvalue weighted by Gasteiger charge is -2.19. The predicted octanol–water partition coefficient (Wildman–Crippen LogP) is 1.50. The second-order valence-corrected chi connectivity index (χ2v) is 4.42. The normalized spacial score (nSPS) is 10.6. The maximum atomic E-state index is 10.8. The van der Waals surface area contributed by atoms with E-state index < -0.39 is 5.97 Å². The first-order valence-electron chi connectivity index (χ1n) is 6.94. The van der Waals surface area contributed by atoms with E-state index in [1.165, 1.54) is 0 Å². The summed E-state index contributed by atoms with van der Waals surface area (Å²) in [4.78, 5) is 12.5. The van der Waals surface area contributed by atoms with Crippen molar-refractivity contribution in [1.29, 1.82) is 0 Å². The molecule has 6 nitrogen and oxygen atoms in total. The summed E-state index contributed by atoms with van der Waals surface area (Å²) in [5.41, 5.74) is 0. The summed E-state index contributed by atoms with van der Waals surface area (Å²) in [6, 6.07) is 7.36. The Morgan fingerprint density at radius 3 is 2.19 bits per heavy atom. The summed E-state index contributed by atoms with van der Waals surface area (Å²) in [6.45, 7) is 4.56. The summed E-state index contributed by atoms with van der Waals surface area (Å²) in [7, 11) is 1.59. The number of carboxylic acids is 1. The minimum Gasteiger partial charge on any atom is -0.494 e. The summed E-state index contributed by atoms with van der Waals surface area (Å²) < 4.78 is 15.9. The van der Waals surface area contributed by atoms with Gasteiger partial charge in [0.2, 0.25) is 0 Å². The Balaban J connectivity index is 2.36. The highest BCUT2D eigenvalue weighted by molar-refractivity contribution is 5.69. The molecule has 0 aliphatic rings. The van der Waals surface area contributed by atoms with Crippen molar-refractivity contribution in [3.63, 3.8) is 0 Å². The molecule has 118 valence electrons. The SMILES string of the molecule is CCOc1ccc(OCCN(CCOC)CC(=O)O)cc1. The summed E-state index contributed by atoms with van der Waals surface area (Å²) in [6.07, 6.45) is 0. The van der Waals surface area contributed by atoms with Crippen LogP contribution < -0.4 is 9.47 Å². The van der Waals surface area contributed by atoms with Gasteiger partial charge in [0.25, 0.3) is 0 Å². The molecule has 0 bridgehead atoms. The number of methoxy groups -OCH3 is 1. The number of benzene rings is 1. The molecular weight excluding hydrogens is 274 g/mol. The van der Waals surface area contributed by atoms with Crippen molar-refractivity contribution in [2.24, 2.45) is 0 Å². The van der Waals surface area contributed by atoms with Gasteiger partial charge < -0.3 is 19.3 Å². The molecule has 0 atom stereocenters. The van der Waals surface area contributed by atoms with Crippen LogP contribution >= 0.6 is 0 Å². The van der Waals surface area contributed by atoms with E-state index in [1.807, 2.05) is 31.2 Å². The molecule has 0 aliphatic heterocycles. The fourth-order valence-corrected chi connectivity index (χ4v) is 1.77. The molecule has 0 aliphatic carbocycles. The molecule has 0 fully saturated rings. The molecule has 1 N–H and O–H groups in total. The number of carbonyl (C=O) groups is 1. The molecule has 0 aromatic heterocycles. The monoisotopic (exact) mass is 297 g/mol. The number of ether oxygens (including phenoxy) is 3. The largest absolute Gasteiger partial charge is 0.494 e. The molecule has 0 saturated heterocycles. The lowest BCUT2D eigenvalue weighted by Crippen LogP contribution is -2.35. The van der Waals surface area contributed by atoms with Crippen LogP contribution in [0.1, 0.15) is 6.92 Å². The van der Waals surface area contributed by atoms with Crippen LogP contribution in [0.4, 0.5) is 0 Å². The summed E-state index contributed by atoms with van der Waals surface area (Å²) in [5.74, 6) is 0.685. The minimum atomic E-state index is -0.854.